The summed E-state index contributed by atoms with van der Waals surface area (Å²) in [6.45, 7) is 2.08. The van der Waals surface area contributed by atoms with Gasteiger partial charge in [0, 0.05) is 6.20 Å². The number of hydrogen-bond donors (Lipinski definition) is 1. The van der Waals surface area contributed by atoms with E-state index in [2.05, 4.69) is 16.4 Å². The zero-order chi connectivity index (χ0) is 9.80. The molecule has 1 N–H and O–H groups in total. The van der Waals surface area contributed by atoms with Crippen LogP contribution < -0.4 is 5.32 Å². The van der Waals surface area contributed by atoms with Crippen LogP contribution in [0.2, 0.25) is 0 Å². The molecule has 14 heavy (non-hydrogen) atoms. The standard InChI is InChI=1S/C11H13FN2/c12-11-2-1-10(8-14-11)7-9-3-5-13-6-4-9/h1-2,7-8,13H,3-6H2. The predicted molar refractivity (Wildman–Crippen MR) is 54.3 cm³/mol. The molecule has 74 valence electrons. The molecule has 1 aliphatic heterocycles. The van der Waals surface area contributed by atoms with Crippen LogP contribution in [-0.4, -0.2) is 18.1 Å². The first-order valence-electron chi connectivity index (χ1n) is 4.86. The minimum Gasteiger partial charge on any atom is -0.316 e. The second-order valence-electron chi connectivity index (χ2n) is 3.47. The van der Waals surface area contributed by atoms with Gasteiger partial charge in [0.05, 0.1) is 0 Å². The Balaban J connectivity index is 2.11. The van der Waals surface area contributed by atoms with Crippen LogP contribution >= 0.6 is 0 Å². The fourth-order valence-electron chi connectivity index (χ4n) is 1.60. The molecule has 0 radical (unpaired) electrons. The Morgan fingerprint density at radius 1 is 1.29 bits per heavy atom. The molecule has 2 heterocycles. The minimum atomic E-state index is -0.419. The van der Waals surface area contributed by atoms with Gasteiger partial charge in [-0.1, -0.05) is 11.6 Å². The average molecular weight is 192 g/mol. The number of nitrogens with one attached hydrogen (secondary N) is 1. The van der Waals surface area contributed by atoms with Gasteiger partial charge in [-0.2, -0.15) is 4.39 Å². The summed E-state index contributed by atoms with van der Waals surface area (Å²) < 4.78 is 12.5. The van der Waals surface area contributed by atoms with Crippen LogP contribution in [-0.2, 0) is 0 Å². The van der Waals surface area contributed by atoms with Gasteiger partial charge in [0.15, 0.2) is 0 Å². The van der Waals surface area contributed by atoms with Gasteiger partial charge in [0.25, 0.3) is 0 Å². The lowest BCUT2D eigenvalue weighted by molar-refractivity contribution is 0.583. The first kappa shape index (κ1) is 9.34. The van der Waals surface area contributed by atoms with Crippen LogP contribution in [0.25, 0.3) is 6.08 Å². The third kappa shape index (κ3) is 2.39. The topological polar surface area (TPSA) is 24.9 Å². The molecule has 1 fully saturated rings. The van der Waals surface area contributed by atoms with Crippen LogP contribution in [0, 0.1) is 5.95 Å². The van der Waals surface area contributed by atoms with Crippen molar-refractivity contribution in [3.8, 4) is 0 Å². The molecule has 0 saturated carbocycles. The van der Waals surface area contributed by atoms with Gasteiger partial charge < -0.3 is 5.32 Å². The van der Waals surface area contributed by atoms with Crippen molar-refractivity contribution in [3.63, 3.8) is 0 Å². The second-order valence-corrected chi connectivity index (χ2v) is 3.47. The van der Waals surface area contributed by atoms with E-state index in [0.717, 1.165) is 31.5 Å². The Labute approximate surface area is 82.9 Å². The lowest BCUT2D eigenvalue weighted by Gasteiger charge is -2.14. The summed E-state index contributed by atoms with van der Waals surface area (Å²) >= 11 is 0. The van der Waals surface area contributed by atoms with Crippen LogP contribution in [0.5, 0.6) is 0 Å². The largest absolute Gasteiger partial charge is 0.316 e. The van der Waals surface area contributed by atoms with Gasteiger partial charge in [-0.15, -0.1) is 0 Å². The van der Waals surface area contributed by atoms with Gasteiger partial charge in [-0.3, -0.25) is 0 Å². The first-order chi connectivity index (χ1) is 6.84. The van der Waals surface area contributed by atoms with Gasteiger partial charge in [0.2, 0.25) is 5.95 Å². The molecule has 0 amide bonds. The number of halogens is 1. The highest BCUT2D eigenvalue weighted by Crippen LogP contribution is 2.14. The number of rotatable bonds is 1. The summed E-state index contributed by atoms with van der Waals surface area (Å²) in [7, 11) is 0. The Morgan fingerprint density at radius 2 is 2.07 bits per heavy atom. The Bertz CT molecular complexity index is 322. The highest BCUT2D eigenvalue weighted by atomic mass is 19.1. The molecule has 2 rings (SSSR count). The normalized spacial score (nSPS) is 16.8. The van der Waals surface area contributed by atoms with E-state index in [1.165, 1.54) is 11.6 Å². The number of aromatic nitrogens is 1. The predicted octanol–water partition coefficient (Wildman–Crippen LogP) is 1.99. The summed E-state index contributed by atoms with van der Waals surface area (Å²) in [6.07, 6.45) is 5.84. The van der Waals surface area contributed by atoms with Crippen molar-refractivity contribution >= 4 is 6.08 Å². The van der Waals surface area contributed by atoms with E-state index >= 15 is 0 Å². The third-order valence-electron chi connectivity index (χ3n) is 2.37. The quantitative estimate of drug-likeness (QED) is 0.688. The molecule has 0 aliphatic carbocycles. The Hall–Kier alpha value is -1.22. The van der Waals surface area contributed by atoms with Crippen molar-refractivity contribution in [1.29, 1.82) is 0 Å². The van der Waals surface area contributed by atoms with Crippen molar-refractivity contribution in [1.82, 2.24) is 10.3 Å². The maximum absolute atomic E-state index is 12.5. The summed E-state index contributed by atoms with van der Waals surface area (Å²) in [4.78, 5) is 3.62. The maximum Gasteiger partial charge on any atom is 0.212 e. The fraction of sp³-hybridized carbons (Fsp3) is 0.364. The van der Waals surface area contributed by atoms with Crippen LogP contribution in [0.15, 0.2) is 23.9 Å². The van der Waals surface area contributed by atoms with E-state index < -0.39 is 5.95 Å². The zero-order valence-electron chi connectivity index (χ0n) is 7.96. The second kappa shape index (κ2) is 4.33. The lowest BCUT2D eigenvalue weighted by Crippen LogP contribution is -2.22. The zero-order valence-corrected chi connectivity index (χ0v) is 7.96. The van der Waals surface area contributed by atoms with Crippen LogP contribution in [0.3, 0.4) is 0 Å². The smallest absolute Gasteiger partial charge is 0.212 e. The Morgan fingerprint density at radius 3 is 2.71 bits per heavy atom. The minimum absolute atomic E-state index is 0.419. The Kier molecular flexibility index (Phi) is 2.89. The summed E-state index contributed by atoms with van der Waals surface area (Å²) in [5.41, 5.74) is 2.40. The van der Waals surface area contributed by atoms with Crippen molar-refractivity contribution < 1.29 is 4.39 Å². The molecule has 1 aromatic rings. The monoisotopic (exact) mass is 192 g/mol. The number of nitrogens with zero attached hydrogens (tertiary/aromatic N) is 1. The maximum atomic E-state index is 12.5. The molecule has 0 unspecified atom stereocenters. The summed E-state index contributed by atoms with van der Waals surface area (Å²) in [6, 6.07) is 3.16. The lowest BCUT2D eigenvalue weighted by atomic mass is 10.0. The average Bonchev–Trinajstić information content (AvgIpc) is 2.23. The highest BCUT2D eigenvalue weighted by Gasteiger charge is 2.04. The molecule has 0 spiro atoms. The first-order valence-corrected chi connectivity index (χ1v) is 4.86. The van der Waals surface area contributed by atoms with Crippen LogP contribution in [0.4, 0.5) is 4.39 Å². The van der Waals surface area contributed by atoms with Crippen molar-refractivity contribution in [2.45, 2.75) is 12.8 Å². The van der Waals surface area contributed by atoms with Gasteiger partial charge in [-0.25, -0.2) is 4.98 Å². The number of hydrogen-bond acceptors (Lipinski definition) is 2. The molecule has 1 aliphatic rings. The van der Waals surface area contributed by atoms with Gasteiger partial charge in [-0.05, 0) is 43.6 Å². The SMILES string of the molecule is Fc1ccc(C=C2CCNCC2)cn1. The number of piperidine rings is 1. The van der Waals surface area contributed by atoms with E-state index in [4.69, 9.17) is 0 Å². The van der Waals surface area contributed by atoms with E-state index in [0.29, 0.717) is 0 Å². The summed E-state index contributed by atoms with van der Waals surface area (Å²) in [5, 5.41) is 3.29. The molecule has 0 bridgehead atoms. The van der Waals surface area contributed by atoms with Gasteiger partial charge in [0.1, 0.15) is 0 Å². The van der Waals surface area contributed by atoms with Crippen molar-refractivity contribution in [3.05, 3.63) is 35.4 Å². The molecule has 1 saturated heterocycles. The van der Waals surface area contributed by atoms with Gasteiger partial charge >= 0.3 is 0 Å². The highest BCUT2D eigenvalue weighted by molar-refractivity contribution is 5.51. The molecular formula is C11H13FN2. The van der Waals surface area contributed by atoms with Crippen molar-refractivity contribution in [2.75, 3.05) is 13.1 Å². The van der Waals surface area contributed by atoms with E-state index in [-0.39, 0.29) is 0 Å². The summed E-state index contributed by atoms with van der Waals surface area (Å²) in [5.74, 6) is -0.419. The number of pyridine rings is 1. The molecule has 0 atom stereocenters. The van der Waals surface area contributed by atoms with E-state index in [1.54, 1.807) is 12.3 Å². The van der Waals surface area contributed by atoms with Crippen molar-refractivity contribution in [2.24, 2.45) is 0 Å². The van der Waals surface area contributed by atoms with E-state index in [9.17, 15) is 4.39 Å². The molecule has 2 nitrogen and oxygen atoms in total. The molecule has 1 aromatic heterocycles. The molecule has 0 aromatic carbocycles. The third-order valence-corrected chi connectivity index (χ3v) is 2.37. The molecule has 3 heteroatoms. The van der Waals surface area contributed by atoms with Crippen LogP contribution in [0.1, 0.15) is 18.4 Å². The van der Waals surface area contributed by atoms with E-state index in [1.807, 2.05) is 0 Å². The fourth-order valence-corrected chi connectivity index (χ4v) is 1.60. The molecular weight excluding hydrogens is 179 g/mol.